The Labute approximate surface area is 143 Å². The van der Waals surface area contributed by atoms with Gasteiger partial charge in [0.15, 0.2) is 0 Å². The summed E-state index contributed by atoms with van der Waals surface area (Å²) < 4.78 is 54.0. The summed E-state index contributed by atoms with van der Waals surface area (Å²) in [5, 5.41) is 9.10. The number of hydrogen-bond acceptors (Lipinski definition) is 3. The Morgan fingerprint density at radius 2 is 2.17 bits per heavy atom. The van der Waals surface area contributed by atoms with Crippen molar-refractivity contribution in [3.05, 3.63) is 34.6 Å². The molecule has 2 N–H and O–H groups in total. The molecule has 0 unspecified atom stereocenters. The molecule has 3 atom stereocenters. The molecule has 6 nitrogen and oxygen atoms in total. The summed E-state index contributed by atoms with van der Waals surface area (Å²) in [4.78, 5) is 12.1. The van der Waals surface area contributed by atoms with Gasteiger partial charge in [-0.05, 0) is 25.0 Å². The second kappa shape index (κ2) is 7.20. The maximum Gasteiger partial charge on any atom is 0.407 e. The highest BCUT2D eigenvalue weighted by Gasteiger charge is 2.46. The molecule has 0 spiro atoms. The van der Waals surface area contributed by atoms with Crippen molar-refractivity contribution in [1.82, 2.24) is 9.62 Å². The zero-order valence-electron chi connectivity index (χ0n) is 12.7. The van der Waals surface area contributed by atoms with Gasteiger partial charge < -0.3 is 10.0 Å². The van der Waals surface area contributed by atoms with Gasteiger partial charge in [0.1, 0.15) is 12.0 Å². The fourth-order valence-electron chi connectivity index (χ4n) is 2.70. The second-order valence-corrected chi connectivity index (χ2v) is 7.93. The van der Waals surface area contributed by atoms with Crippen molar-refractivity contribution in [3.8, 4) is 0 Å². The minimum atomic E-state index is -3.76. The fourth-order valence-corrected chi connectivity index (χ4v) is 3.78. The van der Waals surface area contributed by atoms with Gasteiger partial charge in [-0.1, -0.05) is 23.7 Å². The Hall–Kier alpha value is -1.45. The number of hydrogen-bond donors (Lipinski definition) is 2. The smallest absolute Gasteiger partial charge is 0.407 e. The van der Waals surface area contributed by atoms with Gasteiger partial charge in [0.2, 0.25) is 10.0 Å². The topological polar surface area (TPSA) is 86.7 Å². The van der Waals surface area contributed by atoms with E-state index in [0.29, 0.717) is 0 Å². The van der Waals surface area contributed by atoms with E-state index in [1.54, 1.807) is 0 Å². The molecule has 0 bridgehead atoms. The van der Waals surface area contributed by atoms with Gasteiger partial charge in [-0.15, -0.1) is 0 Å². The van der Waals surface area contributed by atoms with Gasteiger partial charge in [-0.2, -0.15) is 0 Å². The minimum Gasteiger partial charge on any atom is -0.465 e. The van der Waals surface area contributed by atoms with Gasteiger partial charge in [0.25, 0.3) is 0 Å². The molecule has 0 aliphatic carbocycles. The van der Waals surface area contributed by atoms with E-state index < -0.39 is 46.7 Å². The molecule has 1 aliphatic heterocycles. The Morgan fingerprint density at radius 3 is 2.75 bits per heavy atom. The highest BCUT2D eigenvalue weighted by atomic mass is 35.5. The van der Waals surface area contributed by atoms with Crippen molar-refractivity contribution in [3.63, 3.8) is 0 Å². The van der Waals surface area contributed by atoms with Crippen LogP contribution >= 0.6 is 11.6 Å². The predicted octanol–water partition coefficient (Wildman–Crippen LogP) is 2.03. The highest BCUT2D eigenvalue weighted by Crippen LogP contribution is 2.27. The number of nitrogens with one attached hydrogen (secondary N) is 1. The van der Waals surface area contributed by atoms with E-state index in [1.807, 2.05) is 0 Å². The molecule has 0 saturated carbocycles. The van der Waals surface area contributed by atoms with Gasteiger partial charge >= 0.3 is 6.09 Å². The van der Waals surface area contributed by atoms with Gasteiger partial charge in [0.05, 0.1) is 29.4 Å². The van der Waals surface area contributed by atoms with Crippen LogP contribution in [0.25, 0.3) is 0 Å². The van der Waals surface area contributed by atoms with Crippen LogP contribution in [-0.4, -0.2) is 55.1 Å². The van der Waals surface area contributed by atoms with Crippen LogP contribution in [-0.2, 0) is 16.4 Å². The molecule has 2 rings (SSSR count). The normalized spacial score (nSPS) is 24.3. The summed E-state index contributed by atoms with van der Waals surface area (Å²) in [5.74, 6) is -1.01. The number of alkyl halides is 1. The van der Waals surface area contributed by atoms with Crippen molar-refractivity contribution in [2.24, 2.45) is 0 Å². The molecule has 1 amide bonds. The van der Waals surface area contributed by atoms with Crippen LogP contribution in [0.4, 0.5) is 13.6 Å². The summed E-state index contributed by atoms with van der Waals surface area (Å²) in [7, 11) is -3.76. The molecule has 0 radical (unpaired) electrons. The molecule has 0 aromatic heterocycles. The molecule has 134 valence electrons. The quantitative estimate of drug-likeness (QED) is 0.815. The number of benzene rings is 1. The molecule has 1 aromatic rings. The summed E-state index contributed by atoms with van der Waals surface area (Å²) in [6, 6.07) is 1.85. The number of carboxylic acid groups (broad SMARTS) is 1. The van der Waals surface area contributed by atoms with Crippen LogP contribution in [0.15, 0.2) is 18.2 Å². The molecular weight excluding hydrogens is 366 g/mol. The molecule has 1 aliphatic rings. The third kappa shape index (κ3) is 3.96. The van der Waals surface area contributed by atoms with Crippen molar-refractivity contribution < 1.29 is 27.1 Å². The molecular formula is C14H17ClF2N2O4S. The number of amides is 1. The van der Waals surface area contributed by atoms with Gasteiger partial charge in [-0.3, -0.25) is 0 Å². The first-order valence-corrected chi connectivity index (χ1v) is 9.25. The number of halogens is 3. The molecule has 1 aromatic carbocycles. The van der Waals surface area contributed by atoms with E-state index in [9.17, 15) is 27.1 Å². The van der Waals surface area contributed by atoms with E-state index >= 15 is 0 Å². The largest absolute Gasteiger partial charge is 0.465 e. The number of sulfonamides is 1. The lowest BCUT2D eigenvalue weighted by Gasteiger charge is -2.26. The van der Waals surface area contributed by atoms with Gasteiger partial charge in [-0.25, -0.2) is 26.7 Å². The number of nitrogens with zero attached hydrogens (tertiary/aromatic N) is 1. The zero-order chi connectivity index (χ0) is 18.1. The first kappa shape index (κ1) is 18.9. The lowest BCUT2D eigenvalue weighted by atomic mass is 10.00. The van der Waals surface area contributed by atoms with Crippen LogP contribution in [0, 0.1) is 5.82 Å². The monoisotopic (exact) mass is 382 g/mol. The Morgan fingerprint density at radius 1 is 1.50 bits per heavy atom. The highest BCUT2D eigenvalue weighted by molar-refractivity contribution is 7.89. The van der Waals surface area contributed by atoms with E-state index in [2.05, 4.69) is 4.72 Å². The third-order valence-electron chi connectivity index (χ3n) is 3.98. The van der Waals surface area contributed by atoms with Crippen molar-refractivity contribution in [2.45, 2.75) is 31.6 Å². The Kier molecular flexibility index (Phi) is 5.67. The minimum absolute atomic E-state index is 0.0912. The van der Waals surface area contributed by atoms with Crippen LogP contribution < -0.4 is 4.72 Å². The van der Waals surface area contributed by atoms with Crippen molar-refractivity contribution in [1.29, 1.82) is 0 Å². The van der Waals surface area contributed by atoms with E-state index in [4.69, 9.17) is 11.6 Å². The van der Waals surface area contributed by atoms with Gasteiger partial charge in [0, 0.05) is 0 Å². The van der Waals surface area contributed by atoms with E-state index in [-0.39, 0.29) is 22.8 Å². The van der Waals surface area contributed by atoms with E-state index in [1.165, 1.54) is 25.1 Å². The van der Waals surface area contributed by atoms with Crippen molar-refractivity contribution in [2.75, 3.05) is 12.3 Å². The standard InChI is InChI=1S/C14H17ClF2N2O4S/c1-2-24(22,23)18-13-10(16)7-19(14(20)21)11(13)6-8-4-3-5-9(15)12(8)17/h3-5,10-11,13,18H,2,6-7H2,1H3,(H,20,21)/t10-,11-,13-/m0/s1. The lowest BCUT2D eigenvalue weighted by Crippen LogP contribution is -2.50. The van der Waals surface area contributed by atoms with Crippen LogP contribution in [0.3, 0.4) is 0 Å². The molecule has 1 heterocycles. The predicted molar refractivity (Wildman–Crippen MR) is 84.9 cm³/mol. The van der Waals surface area contributed by atoms with Crippen LogP contribution in [0.5, 0.6) is 0 Å². The zero-order valence-corrected chi connectivity index (χ0v) is 14.3. The number of carbonyl (C=O) groups is 1. The van der Waals surface area contributed by atoms with Crippen molar-refractivity contribution >= 4 is 27.7 Å². The molecule has 10 heteroatoms. The average molecular weight is 383 g/mol. The molecule has 1 saturated heterocycles. The molecule has 24 heavy (non-hydrogen) atoms. The second-order valence-electron chi connectivity index (χ2n) is 5.48. The summed E-state index contributed by atoms with van der Waals surface area (Å²) in [6.45, 7) is 0.893. The Balaban J connectivity index is 2.35. The molecule has 1 fully saturated rings. The van der Waals surface area contributed by atoms with Crippen LogP contribution in [0.2, 0.25) is 5.02 Å². The number of rotatable bonds is 5. The summed E-state index contributed by atoms with van der Waals surface area (Å²) >= 11 is 5.70. The first-order valence-electron chi connectivity index (χ1n) is 7.22. The SMILES string of the molecule is CCS(=O)(=O)N[C@H]1[C@@H](F)CN(C(=O)O)[C@H]1Cc1cccc(Cl)c1F. The maximum atomic E-state index is 14.2. The third-order valence-corrected chi connectivity index (χ3v) is 5.66. The first-order chi connectivity index (χ1) is 11.2. The maximum absolute atomic E-state index is 14.2. The average Bonchev–Trinajstić information content (AvgIpc) is 2.81. The fraction of sp³-hybridized carbons (Fsp3) is 0.500. The summed E-state index contributed by atoms with van der Waals surface area (Å²) in [6.07, 6.45) is -3.33. The van der Waals surface area contributed by atoms with E-state index in [0.717, 1.165) is 4.90 Å². The number of likely N-dealkylation sites (tertiary alicyclic amines) is 1. The van der Waals surface area contributed by atoms with Crippen LogP contribution in [0.1, 0.15) is 12.5 Å². The lowest BCUT2D eigenvalue weighted by molar-refractivity contribution is 0.136. The summed E-state index contributed by atoms with van der Waals surface area (Å²) in [5.41, 5.74) is 0.0912. The Bertz CT molecular complexity index is 731.